The van der Waals surface area contributed by atoms with Crippen molar-refractivity contribution >= 4 is 11.0 Å². The van der Waals surface area contributed by atoms with Crippen molar-refractivity contribution in [1.29, 1.82) is 0 Å². The van der Waals surface area contributed by atoms with E-state index in [2.05, 4.69) is 4.98 Å². The first-order valence-electron chi connectivity index (χ1n) is 6.22. The van der Waals surface area contributed by atoms with Gasteiger partial charge in [-0.15, -0.1) is 0 Å². The maximum atomic E-state index is 12.6. The molecule has 1 aromatic heterocycles. The summed E-state index contributed by atoms with van der Waals surface area (Å²) in [6.45, 7) is -0.453. The van der Waals surface area contributed by atoms with Crippen molar-refractivity contribution in [1.82, 2.24) is 9.55 Å². The summed E-state index contributed by atoms with van der Waals surface area (Å²) >= 11 is 0. The molecule has 0 atom stereocenters. The number of fused-ring (bicyclic) bond motifs is 1. The van der Waals surface area contributed by atoms with Crippen molar-refractivity contribution in [2.24, 2.45) is 5.73 Å². The van der Waals surface area contributed by atoms with Crippen LogP contribution in [0.1, 0.15) is 18.7 Å². The van der Waals surface area contributed by atoms with Crippen molar-refractivity contribution in [3.05, 3.63) is 30.1 Å². The van der Waals surface area contributed by atoms with Gasteiger partial charge in [0, 0.05) is 6.42 Å². The number of hydrogen-bond donors (Lipinski definition) is 1. The van der Waals surface area contributed by atoms with Crippen molar-refractivity contribution in [2.45, 2.75) is 32.0 Å². The quantitative estimate of drug-likeness (QED) is 0.850. The Balaban J connectivity index is 2.34. The smallest absolute Gasteiger partial charge is 0.330 e. The minimum absolute atomic E-state index is 0.479. The monoisotopic (exact) mass is 271 g/mol. The predicted octanol–water partition coefficient (Wildman–Crippen LogP) is 2.88. The number of unbranched alkanes of at least 4 members (excludes halogenated alkanes) is 1. The highest BCUT2D eigenvalue weighted by Crippen LogP contribution is 2.24. The molecule has 0 aliphatic rings. The highest BCUT2D eigenvalue weighted by molar-refractivity contribution is 5.75. The molecule has 0 saturated carbocycles. The van der Waals surface area contributed by atoms with E-state index in [-0.39, 0.29) is 0 Å². The molecule has 19 heavy (non-hydrogen) atoms. The lowest BCUT2D eigenvalue weighted by atomic mass is 10.2. The third-order valence-corrected chi connectivity index (χ3v) is 2.93. The number of aryl methyl sites for hydroxylation is 1. The Hall–Kier alpha value is -1.56. The van der Waals surface area contributed by atoms with E-state index in [1.54, 1.807) is 24.3 Å². The SMILES string of the molecule is NCCCCc1nc2ccccc2n1CC(F)(F)F. The third kappa shape index (κ3) is 3.47. The van der Waals surface area contributed by atoms with E-state index < -0.39 is 12.7 Å². The van der Waals surface area contributed by atoms with Crippen LogP contribution in [0, 0.1) is 0 Å². The van der Waals surface area contributed by atoms with Crippen molar-refractivity contribution in [3.8, 4) is 0 Å². The number of imidazole rings is 1. The maximum absolute atomic E-state index is 12.6. The summed E-state index contributed by atoms with van der Waals surface area (Å²) in [6.07, 6.45) is -2.19. The maximum Gasteiger partial charge on any atom is 0.406 e. The normalized spacial score (nSPS) is 12.2. The van der Waals surface area contributed by atoms with Gasteiger partial charge in [0.1, 0.15) is 12.4 Å². The van der Waals surface area contributed by atoms with Crippen LogP contribution in [-0.4, -0.2) is 22.3 Å². The van der Waals surface area contributed by atoms with Crippen LogP contribution in [0.2, 0.25) is 0 Å². The van der Waals surface area contributed by atoms with Crippen LogP contribution < -0.4 is 5.73 Å². The van der Waals surface area contributed by atoms with Crippen LogP contribution in [0.4, 0.5) is 13.2 Å². The van der Waals surface area contributed by atoms with Crippen LogP contribution in [0.3, 0.4) is 0 Å². The Bertz CT molecular complexity index is 546. The highest BCUT2D eigenvalue weighted by atomic mass is 19.4. The van der Waals surface area contributed by atoms with Crippen molar-refractivity contribution < 1.29 is 13.2 Å². The van der Waals surface area contributed by atoms with Gasteiger partial charge < -0.3 is 10.3 Å². The van der Waals surface area contributed by atoms with E-state index in [1.807, 2.05) is 0 Å². The van der Waals surface area contributed by atoms with E-state index in [0.29, 0.717) is 29.8 Å². The standard InChI is InChI=1S/C13H16F3N3/c14-13(15,16)9-19-11-6-2-1-5-10(11)18-12(19)7-3-4-8-17/h1-2,5-6H,3-4,7-9,17H2. The third-order valence-electron chi connectivity index (χ3n) is 2.93. The molecule has 1 heterocycles. The molecular formula is C13H16F3N3. The predicted molar refractivity (Wildman–Crippen MR) is 67.8 cm³/mol. The van der Waals surface area contributed by atoms with Gasteiger partial charge in [-0.2, -0.15) is 13.2 Å². The Morgan fingerprint density at radius 1 is 1.16 bits per heavy atom. The van der Waals surface area contributed by atoms with Gasteiger partial charge in [0.2, 0.25) is 0 Å². The van der Waals surface area contributed by atoms with Gasteiger partial charge in [0.25, 0.3) is 0 Å². The number of alkyl halides is 3. The summed E-state index contributed by atoms with van der Waals surface area (Å²) in [6, 6.07) is 6.90. The van der Waals surface area contributed by atoms with Crippen LogP contribution in [0.15, 0.2) is 24.3 Å². The summed E-state index contributed by atoms with van der Waals surface area (Å²) in [5.74, 6) is 0.479. The molecular weight excluding hydrogens is 255 g/mol. The molecule has 0 aliphatic heterocycles. The summed E-state index contributed by atoms with van der Waals surface area (Å²) in [4.78, 5) is 4.29. The fourth-order valence-electron chi connectivity index (χ4n) is 2.10. The number of para-hydroxylation sites is 2. The molecule has 0 aliphatic carbocycles. The fraction of sp³-hybridized carbons (Fsp3) is 0.462. The second-order valence-electron chi connectivity index (χ2n) is 4.46. The molecule has 0 unspecified atom stereocenters. The Morgan fingerprint density at radius 2 is 1.89 bits per heavy atom. The number of rotatable bonds is 5. The van der Waals surface area contributed by atoms with Gasteiger partial charge in [-0.25, -0.2) is 4.98 Å². The summed E-state index contributed by atoms with van der Waals surface area (Å²) in [7, 11) is 0. The average Bonchev–Trinajstić information content (AvgIpc) is 2.66. The van der Waals surface area contributed by atoms with E-state index in [1.165, 1.54) is 4.57 Å². The topological polar surface area (TPSA) is 43.8 Å². The zero-order chi connectivity index (χ0) is 13.9. The molecule has 0 spiro atoms. The number of nitrogens with two attached hydrogens (primary N) is 1. The lowest BCUT2D eigenvalue weighted by Crippen LogP contribution is -2.19. The van der Waals surface area contributed by atoms with E-state index >= 15 is 0 Å². The summed E-state index contributed by atoms with van der Waals surface area (Å²) in [5.41, 5.74) is 6.54. The molecule has 0 saturated heterocycles. The lowest BCUT2D eigenvalue weighted by Gasteiger charge is -2.11. The molecule has 2 N–H and O–H groups in total. The molecule has 0 amide bonds. The molecule has 0 fully saturated rings. The van der Waals surface area contributed by atoms with Crippen LogP contribution in [0.5, 0.6) is 0 Å². The molecule has 3 nitrogen and oxygen atoms in total. The molecule has 1 aromatic carbocycles. The first-order chi connectivity index (χ1) is 9.01. The van der Waals surface area contributed by atoms with Gasteiger partial charge >= 0.3 is 6.18 Å². The van der Waals surface area contributed by atoms with Gasteiger partial charge in [-0.1, -0.05) is 12.1 Å². The summed E-state index contributed by atoms with van der Waals surface area (Å²) < 4.78 is 39.2. The minimum Gasteiger partial charge on any atom is -0.330 e. The molecule has 104 valence electrons. The lowest BCUT2D eigenvalue weighted by molar-refractivity contribution is -0.140. The van der Waals surface area contributed by atoms with Crippen LogP contribution in [0.25, 0.3) is 11.0 Å². The Kier molecular flexibility index (Phi) is 4.09. The Labute approximate surface area is 109 Å². The van der Waals surface area contributed by atoms with Crippen LogP contribution >= 0.6 is 0 Å². The molecule has 6 heteroatoms. The zero-order valence-electron chi connectivity index (χ0n) is 10.5. The van der Waals surface area contributed by atoms with Crippen molar-refractivity contribution in [3.63, 3.8) is 0 Å². The van der Waals surface area contributed by atoms with Gasteiger partial charge in [-0.3, -0.25) is 0 Å². The summed E-state index contributed by atoms with van der Waals surface area (Å²) in [5, 5.41) is 0. The van der Waals surface area contributed by atoms with Gasteiger partial charge in [0.05, 0.1) is 11.0 Å². The number of nitrogens with zero attached hydrogens (tertiary/aromatic N) is 2. The molecule has 0 radical (unpaired) electrons. The van der Waals surface area contributed by atoms with Gasteiger partial charge in [-0.05, 0) is 31.5 Å². The minimum atomic E-state index is -4.24. The highest BCUT2D eigenvalue weighted by Gasteiger charge is 2.30. The number of aromatic nitrogens is 2. The average molecular weight is 271 g/mol. The largest absolute Gasteiger partial charge is 0.406 e. The first-order valence-corrected chi connectivity index (χ1v) is 6.22. The van der Waals surface area contributed by atoms with Gasteiger partial charge in [0.15, 0.2) is 0 Å². The Morgan fingerprint density at radius 3 is 2.58 bits per heavy atom. The van der Waals surface area contributed by atoms with E-state index in [4.69, 9.17) is 5.73 Å². The second-order valence-corrected chi connectivity index (χ2v) is 4.46. The number of benzene rings is 1. The van der Waals surface area contributed by atoms with Crippen LogP contribution in [-0.2, 0) is 13.0 Å². The molecule has 2 aromatic rings. The van der Waals surface area contributed by atoms with Crippen molar-refractivity contribution in [2.75, 3.05) is 6.54 Å². The zero-order valence-corrected chi connectivity index (χ0v) is 10.5. The van der Waals surface area contributed by atoms with E-state index in [9.17, 15) is 13.2 Å². The first kappa shape index (κ1) is 13.9. The second kappa shape index (κ2) is 5.61. The molecule has 2 rings (SSSR count). The van der Waals surface area contributed by atoms with E-state index in [0.717, 1.165) is 12.8 Å². The number of hydrogen-bond acceptors (Lipinski definition) is 2. The fourth-order valence-corrected chi connectivity index (χ4v) is 2.10. The number of halogens is 3. The molecule has 0 bridgehead atoms.